The lowest BCUT2D eigenvalue weighted by Gasteiger charge is -2.30. The monoisotopic (exact) mass is 529 g/mol. The van der Waals surface area contributed by atoms with Crippen LogP contribution in [0.1, 0.15) is 62.6 Å². The molecule has 2 aromatic heterocycles. The van der Waals surface area contributed by atoms with Crippen LogP contribution in [0.2, 0.25) is 0 Å². The first kappa shape index (κ1) is 26.9. The van der Waals surface area contributed by atoms with Gasteiger partial charge in [0.05, 0.1) is 11.7 Å². The second-order valence-corrected chi connectivity index (χ2v) is 11.2. The van der Waals surface area contributed by atoms with Gasteiger partial charge in [0.15, 0.2) is 5.65 Å². The Balaban J connectivity index is 1.52. The van der Waals surface area contributed by atoms with Gasteiger partial charge in [-0.2, -0.15) is 4.98 Å². The Morgan fingerprint density at radius 2 is 1.92 bits per heavy atom. The second-order valence-electron chi connectivity index (χ2n) is 11.2. The van der Waals surface area contributed by atoms with Crippen LogP contribution in [-0.2, 0) is 4.79 Å². The summed E-state index contributed by atoms with van der Waals surface area (Å²) in [5.41, 5.74) is 4.67. The molecule has 1 aromatic carbocycles. The summed E-state index contributed by atoms with van der Waals surface area (Å²) in [4.78, 5) is 38.5. The predicted molar refractivity (Wildman–Crippen MR) is 156 cm³/mol. The van der Waals surface area contributed by atoms with E-state index in [1.165, 1.54) is 30.0 Å². The number of carbonyl (C=O) groups excluding carboxylic acids is 1. The summed E-state index contributed by atoms with van der Waals surface area (Å²) in [5, 5.41) is 3.81. The van der Waals surface area contributed by atoms with Gasteiger partial charge in [0.1, 0.15) is 11.7 Å². The minimum Gasteiger partial charge on any atom is -0.376 e. The van der Waals surface area contributed by atoms with Crippen LogP contribution in [-0.4, -0.2) is 68.6 Å². The number of aldehydes is 1. The molecule has 39 heavy (non-hydrogen) atoms. The average molecular weight is 530 g/mol. The lowest BCUT2D eigenvalue weighted by atomic mass is 9.87. The van der Waals surface area contributed by atoms with Crippen LogP contribution in [0, 0.1) is 6.92 Å². The highest BCUT2D eigenvalue weighted by Crippen LogP contribution is 2.36. The summed E-state index contributed by atoms with van der Waals surface area (Å²) in [6, 6.07) is 6.81. The van der Waals surface area contributed by atoms with E-state index < -0.39 is 0 Å². The van der Waals surface area contributed by atoms with E-state index in [0.717, 1.165) is 37.9 Å². The molecule has 5 rings (SSSR count). The topological polar surface area (TPSA) is 88.3 Å². The summed E-state index contributed by atoms with van der Waals surface area (Å²) < 4.78 is 3.61. The van der Waals surface area contributed by atoms with Crippen LogP contribution in [0.15, 0.2) is 47.5 Å². The fraction of sp³-hybridized carbons (Fsp3) is 0.467. The Hall–Kier alpha value is -3.72. The van der Waals surface area contributed by atoms with Gasteiger partial charge in [-0.25, -0.2) is 14.3 Å². The van der Waals surface area contributed by atoms with Crippen molar-refractivity contribution >= 4 is 34.7 Å². The molecule has 1 aliphatic heterocycles. The van der Waals surface area contributed by atoms with Crippen molar-refractivity contribution in [2.45, 2.75) is 64.5 Å². The zero-order chi connectivity index (χ0) is 27.7. The number of rotatable bonds is 9. The Kier molecular flexibility index (Phi) is 7.70. The molecule has 9 heteroatoms. The number of likely N-dealkylation sites (tertiary alicyclic amines) is 1. The van der Waals surface area contributed by atoms with Gasteiger partial charge in [0.2, 0.25) is 5.95 Å². The minimum atomic E-state index is -0.116. The first-order valence-corrected chi connectivity index (χ1v) is 13.9. The third-order valence-electron chi connectivity index (χ3n) is 7.94. The number of hydrogen-bond acceptors (Lipinski definition) is 7. The zero-order valence-electron chi connectivity index (χ0n) is 23.6. The van der Waals surface area contributed by atoms with E-state index in [0.29, 0.717) is 28.6 Å². The molecule has 9 nitrogen and oxygen atoms in total. The van der Waals surface area contributed by atoms with Crippen LogP contribution in [0.4, 0.5) is 11.6 Å². The highest BCUT2D eigenvalue weighted by atomic mass is 16.1. The maximum absolute atomic E-state index is 13.5. The van der Waals surface area contributed by atoms with Crippen molar-refractivity contribution in [3.8, 4) is 0 Å². The standard InChI is InChI=1S/C30H39N7O2/c1-20(2)35(5)19-25(7-6-16-38)36-28-27(29(39)37(36)24-9-10-24)18-31-30(33-28)32-23-8-11-26(21(3)17-23)22-12-14-34(4)15-13-22/h6-8,11,16-20,22,24H,9-10,12-15H2,1-5H3,(H,31,32,33)/b7-6-,25-19+. The van der Waals surface area contributed by atoms with Gasteiger partial charge in [0, 0.05) is 31.2 Å². The number of hydrogen-bond donors (Lipinski definition) is 1. The fourth-order valence-corrected chi connectivity index (χ4v) is 5.28. The molecule has 1 aliphatic carbocycles. The number of fused-ring (bicyclic) bond motifs is 1. The van der Waals surface area contributed by atoms with Crippen LogP contribution in [0.5, 0.6) is 0 Å². The van der Waals surface area contributed by atoms with Crippen LogP contribution in [0.3, 0.4) is 0 Å². The normalized spacial score (nSPS) is 17.4. The van der Waals surface area contributed by atoms with E-state index in [-0.39, 0.29) is 17.6 Å². The summed E-state index contributed by atoms with van der Waals surface area (Å²) in [5.74, 6) is 1.01. The fourth-order valence-electron chi connectivity index (χ4n) is 5.28. The molecule has 206 valence electrons. The highest BCUT2D eigenvalue weighted by Gasteiger charge is 2.31. The molecule has 0 unspecified atom stereocenters. The van der Waals surface area contributed by atoms with Crippen molar-refractivity contribution in [3.63, 3.8) is 0 Å². The van der Waals surface area contributed by atoms with Crippen molar-refractivity contribution in [2.24, 2.45) is 0 Å². The highest BCUT2D eigenvalue weighted by molar-refractivity contribution is 5.81. The number of piperidine rings is 1. The predicted octanol–water partition coefficient (Wildman–Crippen LogP) is 4.68. The number of carbonyl (C=O) groups is 1. The van der Waals surface area contributed by atoms with E-state index in [4.69, 9.17) is 4.98 Å². The van der Waals surface area contributed by atoms with Gasteiger partial charge in [-0.1, -0.05) is 6.07 Å². The van der Waals surface area contributed by atoms with E-state index in [2.05, 4.69) is 61.2 Å². The number of aryl methyl sites for hydroxylation is 1. The molecular formula is C30H39N7O2. The molecule has 1 saturated carbocycles. The van der Waals surface area contributed by atoms with Gasteiger partial charge in [0.25, 0.3) is 5.56 Å². The molecule has 1 saturated heterocycles. The number of anilines is 2. The zero-order valence-corrected chi connectivity index (χ0v) is 23.6. The van der Waals surface area contributed by atoms with Crippen LogP contribution >= 0.6 is 0 Å². The molecule has 0 bridgehead atoms. The van der Waals surface area contributed by atoms with E-state index >= 15 is 0 Å². The number of nitrogens with one attached hydrogen (secondary N) is 1. The molecule has 0 radical (unpaired) electrons. The van der Waals surface area contributed by atoms with E-state index in [1.54, 1.807) is 17.0 Å². The summed E-state index contributed by atoms with van der Waals surface area (Å²) in [7, 11) is 4.16. The van der Waals surface area contributed by atoms with Gasteiger partial charge in [-0.15, -0.1) is 0 Å². The molecule has 3 aromatic rings. The van der Waals surface area contributed by atoms with Crippen molar-refractivity contribution in [1.29, 1.82) is 0 Å². The van der Waals surface area contributed by atoms with Crippen LogP contribution in [0.25, 0.3) is 16.7 Å². The molecule has 1 N–H and O–H groups in total. The Morgan fingerprint density at radius 1 is 1.18 bits per heavy atom. The Morgan fingerprint density at radius 3 is 2.56 bits per heavy atom. The van der Waals surface area contributed by atoms with E-state index in [9.17, 15) is 9.59 Å². The Labute approximate surface area is 229 Å². The summed E-state index contributed by atoms with van der Waals surface area (Å²) >= 11 is 0. The van der Waals surface area contributed by atoms with Crippen molar-refractivity contribution < 1.29 is 4.79 Å². The van der Waals surface area contributed by atoms with Gasteiger partial charge < -0.3 is 15.1 Å². The molecule has 0 spiro atoms. The van der Waals surface area contributed by atoms with Gasteiger partial charge >= 0.3 is 0 Å². The molecular weight excluding hydrogens is 490 g/mol. The molecule has 0 amide bonds. The van der Waals surface area contributed by atoms with Gasteiger partial charge in [-0.05, 0) is 108 Å². The largest absolute Gasteiger partial charge is 0.376 e. The molecule has 2 aliphatic rings. The number of nitrogens with zero attached hydrogens (tertiary/aromatic N) is 6. The second kappa shape index (κ2) is 11.2. The summed E-state index contributed by atoms with van der Waals surface area (Å²) in [6.07, 6.45) is 11.7. The third-order valence-corrected chi connectivity index (χ3v) is 7.94. The lowest BCUT2D eigenvalue weighted by molar-refractivity contribution is -0.104. The van der Waals surface area contributed by atoms with E-state index in [1.807, 2.05) is 22.8 Å². The first-order valence-electron chi connectivity index (χ1n) is 13.9. The third kappa shape index (κ3) is 5.68. The summed E-state index contributed by atoms with van der Waals surface area (Å²) in [6.45, 7) is 8.60. The smallest absolute Gasteiger partial charge is 0.278 e. The average Bonchev–Trinajstić information content (AvgIpc) is 3.71. The lowest BCUT2D eigenvalue weighted by Crippen LogP contribution is -2.29. The minimum absolute atomic E-state index is 0.107. The van der Waals surface area contributed by atoms with Gasteiger partial charge in [-0.3, -0.25) is 9.59 Å². The van der Waals surface area contributed by atoms with Crippen molar-refractivity contribution in [3.05, 3.63) is 64.2 Å². The maximum Gasteiger partial charge on any atom is 0.278 e. The number of allylic oxidation sites excluding steroid dienone is 3. The first-order chi connectivity index (χ1) is 18.8. The Bertz CT molecular complexity index is 1470. The molecule has 2 fully saturated rings. The molecule has 3 heterocycles. The van der Waals surface area contributed by atoms with Crippen molar-refractivity contribution in [2.75, 3.05) is 32.5 Å². The van der Waals surface area contributed by atoms with Crippen LogP contribution < -0.4 is 10.9 Å². The maximum atomic E-state index is 13.5. The van der Waals surface area contributed by atoms with Crippen molar-refractivity contribution in [1.82, 2.24) is 29.1 Å². The molecule has 0 atom stereocenters. The number of benzene rings is 1. The quantitative estimate of drug-likeness (QED) is 0.245. The SMILES string of the molecule is Cc1cc(Nc2ncc3c(=O)n(C4CC4)n(C(/C=C\C=O)=C/N(C)C(C)C)c3n2)ccc1C1CCN(C)CC1. The number of aromatic nitrogens is 4.